The van der Waals surface area contributed by atoms with Crippen molar-refractivity contribution in [2.45, 2.75) is 25.4 Å². The number of aryl methyl sites for hydroxylation is 1. The molecule has 8 nitrogen and oxygen atoms in total. The second-order valence-corrected chi connectivity index (χ2v) is 7.31. The lowest BCUT2D eigenvalue weighted by atomic mass is 9.92. The first-order chi connectivity index (χ1) is 10.7. The molecule has 2 saturated heterocycles. The van der Waals surface area contributed by atoms with Crippen molar-refractivity contribution in [3.05, 3.63) is 10.0 Å². The van der Waals surface area contributed by atoms with Crippen molar-refractivity contribution in [2.24, 2.45) is 13.0 Å². The van der Waals surface area contributed by atoms with Crippen LogP contribution >= 0.6 is 23.1 Å². The Bertz CT molecular complexity index is 657. The van der Waals surface area contributed by atoms with Crippen molar-refractivity contribution in [2.75, 3.05) is 24.5 Å². The fourth-order valence-corrected chi connectivity index (χ4v) is 4.23. The van der Waals surface area contributed by atoms with E-state index in [1.54, 1.807) is 4.68 Å². The first kappa shape index (κ1) is 14.3. The Morgan fingerprint density at radius 2 is 2.23 bits per heavy atom. The molecule has 0 aromatic carbocycles. The molecule has 0 spiro atoms. The van der Waals surface area contributed by atoms with E-state index in [0.29, 0.717) is 16.3 Å². The summed E-state index contributed by atoms with van der Waals surface area (Å²) in [6, 6.07) is 0.462. The van der Waals surface area contributed by atoms with Gasteiger partial charge in [0.25, 0.3) is 0 Å². The number of tetrazole rings is 1. The molecule has 0 unspecified atom stereocenters. The van der Waals surface area contributed by atoms with Gasteiger partial charge >= 0.3 is 0 Å². The number of hydrogen-bond donors (Lipinski definition) is 0. The lowest BCUT2D eigenvalue weighted by Gasteiger charge is -2.36. The first-order valence-electron chi connectivity index (χ1n) is 7.40. The highest BCUT2D eigenvalue weighted by atomic mass is 35.5. The predicted molar refractivity (Wildman–Crippen MR) is 82.9 cm³/mol. The summed E-state index contributed by atoms with van der Waals surface area (Å²) in [7, 11) is 1.90. The number of fused-ring (bicyclic) bond motifs is 1. The van der Waals surface area contributed by atoms with Crippen LogP contribution in [0, 0.1) is 5.92 Å². The Labute approximate surface area is 137 Å². The number of nitrogens with zero attached hydrogens (tertiary/aromatic N) is 8. The zero-order valence-electron chi connectivity index (χ0n) is 12.3. The predicted octanol–water partition coefficient (Wildman–Crippen LogP) is 0.816. The molecule has 4 heterocycles. The van der Waals surface area contributed by atoms with Crippen molar-refractivity contribution in [3.8, 4) is 0 Å². The number of piperidine rings is 1. The van der Waals surface area contributed by atoms with E-state index in [2.05, 4.69) is 34.9 Å². The van der Waals surface area contributed by atoms with Gasteiger partial charge in [0.1, 0.15) is 10.0 Å². The summed E-state index contributed by atoms with van der Waals surface area (Å²) in [4.78, 5) is 4.77. The number of hydrogen-bond acceptors (Lipinski definition) is 8. The van der Waals surface area contributed by atoms with Gasteiger partial charge in [-0.2, -0.15) is 0 Å². The van der Waals surface area contributed by atoms with Crippen LogP contribution in [0.4, 0.5) is 5.95 Å². The molecular formula is C12H17ClN8S. The SMILES string of the molecule is Cn1nnnc1N1CCC[C@H]2CN(Cc3nnsc3Cl)C[C@@H]21. The normalized spacial score (nSPS) is 25.6. The van der Waals surface area contributed by atoms with Crippen LogP contribution < -0.4 is 4.90 Å². The third kappa shape index (κ3) is 2.46. The molecule has 2 atom stereocenters. The smallest absolute Gasteiger partial charge is 0.245 e. The molecule has 2 aliphatic heterocycles. The third-order valence-corrected chi connectivity index (χ3v) is 5.58. The maximum absolute atomic E-state index is 6.13. The fraction of sp³-hybridized carbons (Fsp3) is 0.750. The van der Waals surface area contributed by atoms with Gasteiger partial charge in [0.15, 0.2) is 0 Å². The van der Waals surface area contributed by atoms with Crippen molar-refractivity contribution >= 4 is 29.1 Å². The van der Waals surface area contributed by atoms with Crippen molar-refractivity contribution < 1.29 is 0 Å². The first-order valence-corrected chi connectivity index (χ1v) is 8.55. The highest BCUT2D eigenvalue weighted by Crippen LogP contribution is 2.33. The minimum Gasteiger partial charge on any atom is -0.335 e. The van der Waals surface area contributed by atoms with E-state index in [0.717, 1.165) is 37.8 Å². The molecule has 22 heavy (non-hydrogen) atoms. The van der Waals surface area contributed by atoms with Gasteiger partial charge < -0.3 is 4.90 Å². The van der Waals surface area contributed by atoms with Gasteiger partial charge in [0, 0.05) is 50.8 Å². The molecule has 118 valence electrons. The summed E-state index contributed by atoms with van der Waals surface area (Å²) in [6.45, 7) is 3.85. The van der Waals surface area contributed by atoms with E-state index < -0.39 is 0 Å². The van der Waals surface area contributed by atoms with Crippen LogP contribution in [0.3, 0.4) is 0 Å². The molecule has 0 saturated carbocycles. The average Bonchev–Trinajstić information content (AvgIpc) is 3.20. The number of rotatable bonds is 3. The minimum absolute atomic E-state index is 0.462. The molecule has 0 radical (unpaired) electrons. The van der Waals surface area contributed by atoms with Crippen LogP contribution in [-0.4, -0.2) is 60.4 Å². The molecule has 2 aromatic heterocycles. The average molecular weight is 341 g/mol. The quantitative estimate of drug-likeness (QED) is 0.818. The van der Waals surface area contributed by atoms with Gasteiger partial charge in [0.2, 0.25) is 5.95 Å². The van der Waals surface area contributed by atoms with Gasteiger partial charge in [-0.15, -0.1) is 5.10 Å². The number of halogens is 1. The molecule has 0 N–H and O–H groups in total. The molecule has 0 amide bonds. The van der Waals surface area contributed by atoms with Crippen LogP contribution in [0.1, 0.15) is 18.5 Å². The Hall–Kier alpha value is -1.32. The largest absolute Gasteiger partial charge is 0.335 e. The van der Waals surface area contributed by atoms with Crippen LogP contribution in [-0.2, 0) is 13.6 Å². The highest BCUT2D eigenvalue weighted by molar-refractivity contribution is 7.10. The van der Waals surface area contributed by atoms with E-state index in [4.69, 9.17) is 11.6 Å². The minimum atomic E-state index is 0.462. The summed E-state index contributed by atoms with van der Waals surface area (Å²) < 4.78 is 6.37. The Balaban J connectivity index is 1.51. The standard InChI is InChI=1S/C12H17ClN8S/c1-19-12(15-16-17-19)21-4-2-3-8-5-20(7-10(8)21)6-9-11(13)22-18-14-9/h8,10H,2-7H2,1H3/t8-,10-/m0/s1. The molecular weight excluding hydrogens is 324 g/mol. The molecule has 2 aromatic rings. The number of aromatic nitrogens is 6. The van der Waals surface area contributed by atoms with Crippen LogP contribution in [0.2, 0.25) is 4.34 Å². The van der Waals surface area contributed by atoms with Crippen LogP contribution in [0.25, 0.3) is 0 Å². The van der Waals surface area contributed by atoms with Crippen LogP contribution in [0.15, 0.2) is 0 Å². The van der Waals surface area contributed by atoms with E-state index in [1.165, 1.54) is 24.4 Å². The Morgan fingerprint density at radius 3 is 2.95 bits per heavy atom. The van der Waals surface area contributed by atoms with E-state index >= 15 is 0 Å². The van der Waals surface area contributed by atoms with E-state index in [9.17, 15) is 0 Å². The number of anilines is 1. The van der Waals surface area contributed by atoms with E-state index in [1.807, 2.05) is 7.05 Å². The zero-order chi connectivity index (χ0) is 15.1. The van der Waals surface area contributed by atoms with Gasteiger partial charge in [0.05, 0.1) is 0 Å². The van der Waals surface area contributed by atoms with Gasteiger partial charge in [-0.3, -0.25) is 4.90 Å². The summed E-state index contributed by atoms with van der Waals surface area (Å²) in [6.07, 6.45) is 2.44. The van der Waals surface area contributed by atoms with Crippen LogP contribution in [0.5, 0.6) is 0 Å². The summed E-state index contributed by atoms with van der Waals surface area (Å²) >= 11 is 7.38. The molecule has 10 heteroatoms. The maximum Gasteiger partial charge on any atom is 0.245 e. The Morgan fingerprint density at radius 1 is 1.32 bits per heavy atom. The molecule has 2 fully saturated rings. The second-order valence-electron chi connectivity index (χ2n) is 5.95. The monoisotopic (exact) mass is 340 g/mol. The second kappa shape index (κ2) is 5.71. The zero-order valence-corrected chi connectivity index (χ0v) is 13.8. The van der Waals surface area contributed by atoms with Crippen molar-refractivity contribution in [3.63, 3.8) is 0 Å². The topological polar surface area (TPSA) is 75.9 Å². The van der Waals surface area contributed by atoms with Crippen molar-refractivity contribution in [1.82, 2.24) is 34.7 Å². The molecule has 4 rings (SSSR count). The summed E-state index contributed by atoms with van der Waals surface area (Å²) in [5, 5.41) is 16.0. The Kier molecular flexibility index (Phi) is 3.71. The van der Waals surface area contributed by atoms with Gasteiger partial charge in [-0.25, -0.2) is 4.68 Å². The number of likely N-dealkylation sites (tertiary alicyclic amines) is 1. The summed E-state index contributed by atoms with van der Waals surface area (Å²) in [5.74, 6) is 1.51. The molecule has 2 aliphatic rings. The fourth-order valence-electron chi connectivity index (χ4n) is 3.62. The van der Waals surface area contributed by atoms with Gasteiger partial charge in [-0.05, 0) is 29.2 Å². The third-order valence-electron chi connectivity index (χ3n) is 4.59. The highest BCUT2D eigenvalue weighted by Gasteiger charge is 2.40. The molecule has 0 bridgehead atoms. The maximum atomic E-state index is 6.13. The lowest BCUT2D eigenvalue weighted by molar-refractivity contribution is 0.309. The lowest BCUT2D eigenvalue weighted by Crippen LogP contribution is -2.46. The van der Waals surface area contributed by atoms with Gasteiger partial charge in [-0.1, -0.05) is 21.2 Å². The molecule has 0 aliphatic carbocycles. The summed E-state index contributed by atoms with van der Waals surface area (Å²) in [5.41, 5.74) is 0.886. The van der Waals surface area contributed by atoms with Crippen molar-refractivity contribution in [1.29, 1.82) is 0 Å². The van der Waals surface area contributed by atoms with E-state index in [-0.39, 0.29) is 0 Å².